The summed E-state index contributed by atoms with van der Waals surface area (Å²) in [6, 6.07) is 0. The van der Waals surface area contributed by atoms with E-state index in [1.807, 2.05) is 6.92 Å². The Balaban J connectivity index is 3.06. The molecule has 0 saturated carbocycles. The third kappa shape index (κ3) is 8.48. The lowest BCUT2D eigenvalue weighted by Crippen LogP contribution is -2.26. The van der Waals surface area contributed by atoms with Crippen LogP contribution in [0.5, 0.6) is 0 Å². The van der Waals surface area contributed by atoms with Crippen molar-refractivity contribution in [1.29, 1.82) is 0 Å². The minimum absolute atomic E-state index is 0.351. The molecule has 0 saturated heterocycles. The first kappa shape index (κ1) is 13.9. The summed E-state index contributed by atoms with van der Waals surface area (Å²) in [6.45, 7) is 12.7. The van der Waals surface area contributed by atoms with Crippen LogP contribution in [0.3, 0.4) is 0 Å². The van der Waals surface area contributed by atoms with Gasteiger partial charge in [0, 0.05) is 19.7 Å². The molecular weight excluding hydrogens is 178 g/mol. The second-order valence-electron chi connectivity index (χ2n) is 3.77. The van der Waals surface area contributed by atoms with E-state index in [1.165, 1.54) is 0 Å². The summed E-state index contributed by atoms with van der Waals surface area (Å²) in [5.41, 5.74) is 0. The van der Waals surface area contributed by atoms with E-state index >= 15 is 0 Å². The van der Waals surface area contributed by atoms with Gasteiger partial charge in [0.2, 0.25) is 0 Å². The number of hydrogen-bond acceptors (Lipinski definition) is 3. The lowest BCUT2D eigenvalue weighted by atomic mass is 10.1. The predicted molar refractivity (Wildman–Crippen MR) is 59.6 cm³/mol. The van der Waals surface area contributed by atoms with Crippen LogP contribution in [0.4, 0.5) is 0 Å². The van der Waals surface area contributed by atoms with Gasteiger partial charge in [-0.2, -0.15) is 0 Å². The molecule has 0 amide bonds. The zero-order valence-corrected chi connectivity index (χ0v) is 10.0. The third-order valence-corrected chi connectivity index (χ3v) is 2.23. The number of ether oxygens (including phenoxy) is 2. The molecule has 3 heteroatoms. The first-order valence-electron chi connectivity index (χ1n) is 5.58. The van der Waals surface area contributed by atoms with Gasteiger partial charge in [0.05, 0.1) is 19.3 Å². The fraction of sp³-hybridized carbons (Fsp3) is 1.00. The summed E-state index contributed by atoms with van der Waals surface area (Å²) < 4.78 is 10.8. The van der Waals surface area contributed by atoms with Gasteiger partial charge in [-0.05, 0) is 19.8 Å². The van der Waals surface area contributed by atoms with E-state index in [9.17, 15) is 0 Å². The smallest absolute Gasteiger partial charge is 0.0594 e. The second-order valence-corrected chi connectivity index (χ2v) is 3.77. The molecule has 0 bridgehead atoms. The molecule has 3 nitrogen and oxygen atoms in total. The molecule has 1 N–H and O–H groups in total. The molecule has 14 heavy (non-hydrogen) atoms. The minimum atomic E-state index is 0.351. The van der Waals surface area contributed by atoms with E-state index in [1.54, 1.807) is 0 Å². The Morgan fingerprint density at radius 3 is 2.29 bits per heavy atom. The monoisotopic (exact) mass is 203 g/mol. The van der Waals surface area contributed by atoms with Gasteiger partial charge in [-0.25, -0.2) is 0 Å². The molecule has 0 fully saturated rings. The van der Waals surface area contributed by atoms with Crippen molar-refractivity contribution in [3.05, 3.63) is 0 Å². The highest BCUT2D eigenvalue weighted by molar-refractivity contribution is 4.55. The molecule has 0 aromatic carbocycles. The third-order valence-electron chi connectivity index (χ3n) is 2.23. The highest BCUT2D eigenvalue weighted by atomic mass is 16.5. The first-order chi connectivity index (χ1) is 6.68. The average Bonchev–Trinajstić information content (AvgIpc) is 2.16. The van der Waals surface area contributed by atoms with Gasteiger partial charge < -0.3 is 14.8 Å². The summed E-state index contributed by atoms with van der Waals surface area (Å²) in [6.07, 6.45) is 0.351. The molecule has 0 spiro atoms. The summed E-state index contributed by atoms with van der Waals surface area (Å²) in [5.74, 6) is 0.596. The van der Waals surface area contributed by atoms with Crippen molar-refractivity contribution in [3.8, 4) is 0 Å². The van der Waals surface area contributed by atoms with Gasteiger partial charge in [-0.1, -0.05) is 13.8 Å². The van der Waals surface area contributed by atoms with Gasteiger partial charge in [-0.15, -0.1) is 0 Å². The van der Waals surface area contributed by atoms with Crippen molar-refractivity contribution in [2.75, 3.05) is 32.9 Å². The minimum Gasteiger partial charge on any atom is -0.380 e. The zero-order valence-electron chi connectivity index (χ0n) is 10.0. The maximum Gasteiger partial charge on any atom is 0.0594 e. The molecule has 0 heterocycles. The van der Waals surface area contributed by atoms with Crippen LogP contribution in [0.2, 0.25) is 0 Å². The summed E-state index contributed by atoms with van der Waals surface area (Å²) in [7, 11) is 0. The van der Waals surface area contributed by atoms with Crippen LogP contribution in [0.15, 0.2) is 0 Å². The van der Waals surface area contributed by atoms with Crippen LogP contribution in [0.1, 0.15) is 27.7 Å². The molecular formula is C11H25NO2. The van der Waals surface area contributed by atoms with E-state index in [0.29, 0.717) is 12.0 Å². The largest absolute Gasteiger partial charge is 0.380 e. The molecule has 1 atom stereocenters. The Hall–Kier alpha value is -0.120. The first-order valence-corrected chi connectivity index (χ1v) is 5.58. The summed E-state index contributed by atoms with van der Waals surface area (Å²) in [5, 5.41) is 3.26. The van der Waals surface area contributed by atoms with Crippen molar-refractivity contribution in [1.82, 2.24) is 5.32 Å². The molecule has 1 unspecified atom stereocenters. The molecule has 0 aromatic rings. The fourth-order valence-corrected chi connectivity index (χ4v) is 0.923. The van der Waals surface area contributed by atoms with Crippen molar-refractivity contribution in [2.24, 2.45) is 5.92 Å². The highest BCUT2D eigenvalue weighted by Crippen LogP contribution is 2.03. The van der Waals surface area contributed by atoms with Gasteiger partial charge in [0.15, 0.2) is 0 Å². The van der Waals surface area contributed by atoms with Crippen molar-refractivity contribution < 1.29 is 9.47 Å². The Morgan fingerprint density at radius 1 is 1.07 bits per heavy atom. The molecule has 0 aliphatic rings. The van der Waals surface area contributed by atoms with Crippen LogP contribution in [-0.2, 0) is 9.47 Å². The van der Waals surface area contributed by atoms with Crippen molar-refractivity contribution in [3.63, 3.8) is 0 Å². The van der Waals surface area contributed by atoms with E-state index < -0.39 is 0 Å². The van der Waals surface area contributed by atoms with Gasteiger partial charge in [0.1, 0.15) is 0 Å². The second kappa shape index (κ2) is 9.44. The van der Waals surface area contributed by atoms with Crippen molar-refractivity contribution in [2.45, 2.75) is 33.8 Å². The normalized spacial score (nSPS) is 13.5. The number of hydrogen-bond donors (Lipinski definition) is 1. The van der Waals surface area contributed by atoms with E-state index in [2.05, 4.69) is 26.1 Å². The lowest BCUT2D eigenvalue weighted by Gasteiger charge is -2.16. The average molecular weight is 203 g/mol. The van der Waals surface area contributed by atoms with Crippen LogP contribution >= 0.6 is 0 Å². The topological polar surface area (TPSA) is 30.5 Å². The summed E-state index contributed by atoms with van der Waals surface area (Å²) >= 11 is 0. The Bertz CT molecular complexity index is 118. The lowest BCUT2D eigenvalue weighted by molar-refractivity contribution is 0.0366. The Kier molecular flexibility index (Phi) is 9.35. The number of rotatable bonds is 9. The fourth-order valence-electron chi connectivity index (χ4n) is 0.923. The maximum absolute atomic E-state index is 5.61. The van der Waals surface area contributed by atoms with Crippen molar-refractivity contribution >= 4 is 0 Å². The van der Waals surface area contributed by atoms with Gasteiger partial charge in [0.25, 0.3) is 0 Å². The molecule has 0 radical (unpaired) electrons. The SMILES string of the molecule is CCOCCNCCOC(C)C(C)C. The highest BCUT2D eigenvalue weighted by Gasteiger charge is 2.05. The molecule has 0 rings (SSSR count). The van der Waals surface area contributed by atoms with Gasteiger partial charge >= 0.3 is 0 Å². The van der Waals surface area contributed by atoms with Crippen LogP contribution in [0, 0.1) is 5.92 Å². The van der Waals surface area contributed by atoms with Crippen LogP contribution in [0.25, 0.3) is 0 Å². The molecule has 0 aliphatic carbocycles. The number of nitrogens with one attached hydrogen (secondary N) is 1. The Morgan fingerprint density at radius 2 is 1.71 bits per heavy atom. The molecule has 0 aromatic heterocycles. The van der Waals surface area contributed by atoms with Crippen LogP contribution in [-0.4, -0.2) is 39.0 Å². The van der Waals surface area contributed by atoms with E-state index in [0.717, 1.165) is 32.9 Å². The predicted octanol–water partition coefficient (Wildman–Crippen LogP) is 1.67. The van der Waals surface area contributed by atoms with E-state index in [4.69, 9.17) is 9.47 Å². The van der Waals surface area contributed by atoms with E-state index in [-0.39, 0.29) is 0 Å². The van der Waals surface area contributed by atoms with Crippen LogP contribution < -0.4 is 5.32 Å². The molecule has 0 aliphatic heterocycles. The standard InChI is InChI=1S/C11H25NO2/c1-5-13-8-6-12-7-9-14-11(4)10(2)3/h10-12H,5-9H2,1-4H3. The zero-order chi connectivity index (χ0) is 10.8. The summed E-state index contributed by atoms with van der Waals surface area (Å²) in [4.78, 5) is 0. The molecule has 86 valence electrons. The Labute approximate surface area is 88.2 Å². The van der Waals surface area contributed by atoms with Gasteiger partial charge in [-0.3, -0.25) is 0 Å². The maximum atomic E-state index is 5.61. The quantitative estimate of drug-likeness (QED) is 0.578.